The van der Waals surface area contributed by atoms with E-state index in [9.17, 15) is 8.42 Å². The van der Waals surface area contributed by atoms with Gasteiger partial charge in [0, 0.05) is 11.4 Å². The zero-order chi connectivity index (χ0) is 24.9. The molecule has 0 heterocycles. The van der Waals surface area contributed by atoms with Crippen LogP contribution in [0.1, 0.15) is 95.8 Å². The van der Waals surface area contributed by atoms with Crippen LogP contribution in [0.2, 0.25) is 0 Å². The van der Waals surface area contributed by atoms with Crippen LogP contribution >= 0.6 is 0 Å². The van der Waals surface area contributed by atoms with Crippen LogP contribution in [0.5, 0.6) is 0 Å². The molecule has 0 aliphatic carbocycles. The zero-order valence-electron chi connectivity index (χ0n) is 21.8. The van der Waals surface area contributed by atoms with Crippen molar-refractivity contribution in [2.45, 2.75) is 105 Å². The molecule has 0 saturated heterocycles. The van der Waals surface area contributed by atoms with Crippen molar-refractivity contribution in [3.8, 4) is 0 Å². The Hall–Kier alpha value is -1.31. The van der Waals surface area contributed by atoms with E-state index in [1.54, 1.807) is 6.92 Å². The maximum Gasteiger partial charge on any atom is 0.295 e. The van der Waals surface area contributed by atoms with Crippen molar-refractivity contribution in [1.29, 1.82) is 0 Å². The minimum Gasteiger partial charge on any atom is -0.398 e. The van der Waals surface area contributed by atoms with Crippen molar-refractivity contribution < 1.29 is 17.5 Å². The van der Waals surface area contributed by atoms with Crippen molar-refractivity contribution >= 4 is 21.5 Å². The van der Waals surface area contributed by atoms with Crippen LogP contribution in [0.15, 0.2) is 4.90 Å². The van der Waals surface area contributed by atoms with Gasteiger partial charge in [-0.3, -0.25) is 4.55 Å². The molecule has 0 atom stereocenters. The highest BCUT2D eigenvalue weighted by molar-refractivity contribution is 7.86. The molecule has 1 aromatic carbocycles. The van der Waals surface area contributed by atoms with Crippen molar-refractivity contribution in [2.75, 3.05) is 37.6 Å². The lowest BCUT2D eigenvalue weighted by molar-refractivity contribution is -0.929. The minimum absolute atomic E-state index is 0.192. The maximum atomic E-state index is 11.1. The predicted octanol–water partition coefficient (Wildman–Crippen LogP) is 6.03. The minimum atomic E-state index is -4.29. The van der Waals surface area contributed by atoms with Crippen LogP contribution < -0.4 is 11.5 Å². The Labute approximate surface area is 198 Å². The third kappa shape index (κ3) is 9.28. The first-order valence-electron chi connectivity index (χ1n) is 12.4. The number of unbranched alkanes of at least 4 members (excludes halogenated alkanes) is 4. The second kappa shape index (κ2) is 14.8. The molecule has 188 valence electrons. The van der Waals surface area contributed by atoms with Gasteiger partial charge >= 0.3 is 0 Å². The molecule has 0 bridgehead atoms. The molecule has 0 radical (unpaired) electrons. The highest BCUT2D eigenvalue weighted by Crippen LogP contribution is 2.33. The standard InChI is InChI=1S/C16H36N.C9H14N2O3S/c1-5-9-13-17(14-10-6-2,15-11-7-3)16-12-8-4;1-4-7(10)5(2)9(15(12,13)14)6(3)8(4)11/h5-16H2,1-4H3;10-11H2,1-3H3,(H,12,13,14)/q+1;. The van der Waals surface area contributed by atoms with Gasteiger partial charge in [-0.1, -0.05) is 53.4 Å². The van der Waals surface area contributed by atoms with E-state index in [0.29, 0.717) is 28.1 Å². The molecule has 0 fully saturated rings. The molecule has 0 saturated carbocycles. The average Bonchev–Trinajstić information content (AvgIpc) is 2.75. The van der Waals surface area contributed by atoms with Crippen molar-refractivity contribution in [1.82, 2.24) is 0 Å². The van der Waals surface area contributed by atoms with Gasteiger partial charge < -0.3 is 16.0 Å². The largest absolute Gasteiger partial charge is 0.398 e. The van der Waals surface area contributed by atoms with Gasteiger partial charge in [-0.05, 0) is 63.1 Å². The van der Waals surface area contributed by atoms with Gasteiger partial charge in [0.2, 0.25) is 0 Å². The van der Waals surface area contributed by atoms with Crippen molar-refractivity contribution in [2.24, 2.45) is 0 Å². The molecule has 0 spiro atoms. The summed E-state index contributed by atoms with van der Waals surface area (Å²) in [7, 11) is -4.29. The van der Waals surface area contributed by atoms with Crippen LogP contribution in [0, 0.1) is 20.8 Å². The van der Waals surface area contributed by atoms with Gasteiger partial charge in [0.1, 0.15) is 4.90 Å². The highest BCUT2D eigenvalue weighted by atomic mass is 32.2. The Morgan fingerprint density at radius 3 is 1.16 bits per heavy atom. The molecule has 1 rings (SSSR count). The van der Waals surface area contributed by atoms with Crippen LogP contribution in [0.25, 0.3) is 0 Å². The Balaban J connectivity index is 0.000000604. The quantitative estimate of drug-likeness (QED) is 0.185. The number of nitrogens with zero attached hydrogens (tertiary/aromatic N) is 1. The third-order valence-corrected chi connectivity index (χ3v) is 7.63. The average molecular weight is 473 g/mol. The molecular formula is C25H50N3O3S+. The van der Waals surface area contributed by atoms with Gasteiger partial charge in [0.25, 0.3) is 10.1 Å². The molecule has 0 aromatic heterocycles. The van der Waals surface area contributed by atoms with Gasteiger partial charge in [-0.25, -0.2) is 0 Å². The number of benzene rings is 1. The predicted molar refractivity (Wildman–Crippen MR) is 139 cm³/mol. The van der Waals surface area contributed by atoms with Crippen LogP contribution in [0.4, 0.5) is 11.4 Å². The second-order valence-corrected chi connectivity index (χ2v) is 10.5. The molecule has 6 nitrogen and oxygen atoms in total. The number of anilines is 2. The van der Waals surface area contributed by atoms with Gasteiger partial charge in [-0.15, -0.1) is 0 Å². The Kier molecular flexibility index (Phi) is 14.2. The lowest BCUT2D eigenvalue weighted by atomic mass is 10.0. The second-order valence-electron chi connectivity index (χ2n) is 9.16. The van der Waals surface area contributed by atoms with Crippen molar-refractivity contribution in [3.05, 3.63) is 16.7 Å². The summed E-state index contributed by atoms with van der Waals surface area (Å²) in [5.41, 5.74) is 13.3. The number of nitrogen functional groups attached to an aromatic ring is 2. The Morgan fingerprint density at radius 2 is 0.938 bits per heavy atom. The molecule has 0 unspecified atom stereocenters. The van der Waals surface area contributed by atoms with E-state index in [1.165, 1.54) is 95.9 Å². The zero-order valence-corrected chi connectivity index (χ0v) is 22.6. The van der Waals surface area contributed by atoms with Crippen LogP contribution in [-0.2, 0) is 10.1 Å². The van der Waals surface area contributed by atoms with E-state index in [0.717, 1.165) is 0 Å². The molecule has 0 aliphatic heterocycles. The summed E-state index contributed by atoms with van der Waals surface area (Å²) in [6.45, 7) is 19.8. The smallest absolute Gasteiger partial charge is 0.295 e. The Bertz CT molecular complexity index is 726. The number of hydrogen-bond acceptors (Lipinski definition) is 4. The SMILES string of the molecule is CCCC[N+](CCCC)(CCCC)CCCC.Cc1c(N)c(C)c(S(=O)(=O)O)c(C)c1N. The molecular weight excluding hydrogens is 422 g/mol. The highest BCUT2D eigenvalue weighted by Gasteiger charge is 2.25. The molecule has 7 heteroatoms. The normalized spacial score (nSPS) is 11.9. The Morgan fingerprint density at radius 1 is 0.656 bits per heavy atom. The van der Waals surface area contributed by atoms with E-state index in [2.05, 4.69) is 27.7 Å². The summed E-state index contributed by atoms with van der Waals surface area (Å²) < 4.78 is 32.7. The summed E-state index contributed by atoms with van der Waals surface area (Å²) in [4.78, 5) is -0.192. The topological polar surface area (TPSA) is 106 Å². The van der Waals surface area contributed by atoms with Crippen LogP contribution in [0.3, 0.4) is 0 Å². The van der Waals surface area contributed by atoms with E-state index in [1.807, 2.05) is 0 Å². The summed E-state index contributed by atoms with van der Waals surface area (Å²) in [6, 6.07) is 0. The molecule has 1 aromatic rings. The first kappa shape index (κ1) is 30.7. The monoisotopic (exact) mass is 472 g/mol. The summed E-state index contributed by atoms with van der Waals surface area (Å²) in [5.74, 6) is 0. The molecule has 0 aliphatic rings. The molecule has 0 amide bonds. The first-order chi connectivity index (χ1) is 14.9. The first-order valence-corrected chi connectivity index (χ1v) is 13.8. The lowest BCUT2D eigenvalue weighted by Gasteiger charge is -2.39. The molecule has 32 heavy (non-hydrogen) atoms. The van der Waals surface area contributed by atoms with Crippen LogP contribution in [-0.4, -0.2) is 43.6 Å². The van der Waals surface area contributed by atoms with Gasteiger partial charge in [0.05, 0.1) is 26.2 Å². The van der Waals surface area contributed by atoms with E-state index < -0.39 is 10.1 Å². The van der Waals surface area contributed by atoms with E-state index in [-0.39, 0.29) is 4.90 Å². The number of rotatable bonds is 13. The summed E-state index contributed by atoms with van der Waals surface area (Å²) >= 11 is 0. The number of quaternary nitrogens is 1. The lowest BCUT2D eigenvalue weighted by Crippen LogP contribution is -2.50. The van der Waals surface area contributed by atoms with Gasteiger partial charge in [-0.2, -0.15) is 8.42 Å². The fourth-order valence-corrected chi connectivity index (χ4v) is 5.26. The van der Waals surface area contributed by atoms with E-state index in [4.69, 9.17) is 16.0 Å². The maximum absolute atomic E-state index is 11.1. The summed E-state index contributed by atoms with van der Waals surface area (Å²) in [6.07, 6.45) is 11.1. The number of nitrogens with two attached hydrogens (primary N) is 2. The summed E-state index contributed by atoms with van der Waals surface area (Å²) in [5, 5.41) is 0. The van der Waals surface area contributed by atoms with Crippen molar-refractivity contribution in [3.63, 3.8) is 0 Å². The molecule has 5 N–H and O–H groups in total. The fraction of sp³-hybridized carbons (Fsp3) is 0.760. The van der Waals surface area contributed by atoms with Gasteiger partial charge in [0.15, 0.2) is 0 Å². The third-order valence-electron chi connectivity index (χ3n) is 6.50. The van der Waals surface area contributed by atoms with E-state index >= 15 is 0 Å². The number of hydrogen-bond donors (Lipinski definition) is 3. The fourth-order valence-electron chi connectivity index (χ4n) is 4.27.